The van der Waals surface area contributed by atoms with E-state index in [4.69, 9.17) is 33.8 Å². The Kier molecular flexibility index (Phi) is 13.4. The highest BCUT2D eigenvalue weighted by Gasteiger charge is 2.40. The molecule has 3 atom stereocenters. The van der Waals surface area contributed by atoms with Gasteiger partial charge in [-0.05, 0) is 111 Å². The molecule has 2 N–H and O–H groups in total. The van der Waals surface area contributed by atoms with Crippen molar-refractivity contribution in [2.75, 3.05) is 5.32 Å². The molecule has 23 rings (SSSR count). The first-order valence-corrected chi connectivity index (χ1v) is 37.7. The Bertz CT molecular complexity index is 7260. The van der Waals surface area contributed by atoms with Crippen molar-refractivity contribution in [2.45, 2.75) is 37.4 Å². The van der Waals surface area contributed by atoms with Crippen LogP contribution in [0.4, 0.5) is 5.69 Å². The minimum Gasteiger partial charge on any atom is -0.454 e. The third kappa shape index (κ3) is 9.27. The predicted octanol–water partition coefficient (Wildman–Crippen LogP) is 24.0. The highest BCUT2D eigenvalue weighted by atomic mass is 16.3. The zero-order valence-corrected chi connectivity index (χ0v) is 59.9. The third-order valence-electron chi connectivity index (χ3n) is 23.3. The molecule has 0 saturated carbocycles. The van der Waals surface area contributed by atoms with Crippen LogP contribution in [0, 0.1) is 0 Å². The highest BCUT2D eigenvalue weighted by molar-refractivity contribution is 6.24. The molecule has 11 nitrogen and oxygen atoms in total. The molecule has 2 aliphatic carbocycles. The number of hydrogen-bond donors (Lipinski definition) is 2. The number of furan rings is 2. The molecular weight excluding hydrogens is 1350 g/mol. The van der Waals surface area contributed by atoms with E-state index in [9.17, 15) is 0 Å². The van der Waals surface area contributed by atoms with Gasteiger partial charge in [0.25, 0.3) is 0 Å². The highest BCUT2D eigenvalue weighted by Crippen LogP contribution is 2.56. The summed E-state index contributed by atoms with van der Waals surface area (Å²) < 4.78 is 19.6. The number of amidine groups is 2. The van der Waals surface area contributed by atoms with Crippen molar-refractivity contribution in [3.63, 3.8) is 0 Å². The molecule has 0 spiro atoms. The zero-order chi connectivity index (χ0) is 72.5. The fraction of sp³-hybridized carbons (Fsp3) is 0.0606. The van der Waals surface area contributed by atoms with E-state index in [0.717, 1.165) is 160 Å². The van der Waals surface area contributed by atoms with Crippen molar-refractivity contribution in [2.24, 2.45) is 9.98 Å². The van der Waals surface area contributed by atoms with Crippen LogP contribution < -0.4 is 10.6 Å². The molecule has 518 valence electrons. The van der Waals surface area contributed by atoms with Gasteiger partial charge < -0.3 is 28.6 Å². The van der Waals surface area contributed by atoms with Gasteiger partial charge in [0, 0.05) is 87.8 Å². The molecule has 14 aromatic carbocycles. The van der Waals surface area contributed by atoms with Crippen molar-refractivity contribution >= 4 is 105 Å². The maximum atomic E-state index is 7.36. The van der Waals surface area contributed by atoms with Gasteiger partial charge in [-0.25, -0.2) is 24.9 Å². The summed E-state index contributed by atoms with van der Waals surface area (Å²) >= 11 is 0. The van der Waals surface area contributed by atoms with Crippen LogP contribution in [0.2, 0.25) is 0 Å². The van der Waals surface area contributed by atoms with Crippen LogP contribution in [0.25, 0.3) is 166 Å². The molecule has 0 saturated heterocycles. The zero-order valence-electron chi connectivity index (χ0n) is 59.9. The van der Waals surface area contributed by atoms with Crippen LogP contribution in [0.15, 0.2) is 346 Å². The van der Waals surface area contributed by atoms with Gasteiger partial charge in [0.05, 0.1) is 45.2 Å². The van der Waals surface area contributed by atoms with Crippen LogP contribution in [0.3, 0.4) is 0 Å². The maximum absolute atomic E-state index is 7.36. The first kappa shape index (κ1) is 62.0. The Morgan fingerprint density at radius 2 is 0.945 bits per heavy atom. The minimum absolute atomic E-state index is 0.00177. The second kappa shape index (κ2) is 23.9. The number of nitrogens with one attached hydrogen (secondary N) is 2. The summed E-state index contributed by atoms with van der Waals surface area (Å²) in [6, 6.07) is 108. The first-order valence-electron chi connectivity index (χ1n) is 37.7. The van der Waals surface area contributed by atoms with E-state index in [1.54, 1.807) is 0 Å². The largest absolute Gasteiger partial charge is 0.454 e. The van der Waals surface area contributed by atoms with Gasteiger partial charge in [-0.3, -0.25) is 0 Å². The first-order chi connectivity index (χ1) is 54.3. The molecule has 19 aromatic rings. The second-order valence-corrected chi connectivity index (χ2v) is 29.8. The van der Waals surface area contributed by atoms with E-state index in [1.165, 1.54) is 33.4 Å². The molecular formula is C99H65N9O2. The summed E-state index contributed by atoms with van der Waals surface area (Å²) in [4.78, 5) is 26.4. The van der Waals surface area contributed by atoms with Gasteiger partial charge in [0.1, 0.15) is 23.2 Å². The number of aromatic nitrogens is 5. The summed E-state index contributed by atoms with van der Waals surface area (Å²) in [5, 5.41) is 16.4. The summed E-state index contributed by atoms with van der Waals surface area (Å²) in [5.74, 6) is 3.15. The monoisotopic (exact) mass is 1410 g/mol. The standard InChI is InChI=1S/C99H65N9O2/c1-99(2)75-45-18-15-37-63(75)71-54-74-82(56-76(71)99)107(80-49-23-41-67-86-69(43-25-51-83(86)109-91(67)80)97-103-93(58-29-9-4-10-30-58)101-94(104-97)59-31-11-5-12-32-59)79-48-22-40-65(85(74)79)72-55-73-64-38-17-20-47-78(64)108(90(73)89-88(72)66-39-16-19-46-77(66)100-89)81-50-24-42-68-87-70(44-26-52-84(87)110-92(68)81)98-105-95(60-33-13-6-14-34-60)102-96(106-98)62-36-21-35-61(53-62)57-27-7-3-8-28-57/h3-56,66,77,97,100H,1-2H3,(H,101,103,104). The number of fused-ring (bicyclic) bond motifs is 19. The van der Waals surface area contributed by atoms with Gasteiger partial charge in [0.2, 0.25) is 0 Å². The average Bonchev–Trinajstić information content (AvgIpc) is 1.52. The second-order valence-electron chi connectivity index (χ2n) is 29.8. The van der Waals surface area contributed by atoms with Crippen molar-refractivity contribution in [1.82, 2.24) is 29.4 Å². The van der Waals surface area contributed by atoms with Gasteiger partial charge in [-0.15, -0.1) is 0 Å². The van der Waals surface area contributed by atoms with E-state index >= 15 is 0 Å². The number of para-hydroxylation sites is 3. The SMILES string of the molecule is CC1(C)c2ccccc2-c2cc3c4c(-c5cc6c7ccccc7n(-c7cccc8c7oc7cccc(-c9nc(-c%10ccccc%10)nc(-c%10cccc(-c%11ccccc%11)c%10)n9)c78)c6c6c5C5C=CC=CC5N6)cccc4n(-c4cccc5c4oc4cccc(C6N=C(c7ccccc7)N=C(c7ccccc7)N6)c45)c3cc21. The predicted molar refractivity (Wildman–Crippen MR) is 448 cm³/mol. The fourth-order valence-corrected chi connectivity index (χ4v) is 18.4. The Morgan fingerprint density at radius 3 is 1.74 bits per heavy atom. The summed E-state index contributed by atoms with van der Waals surface area (Å²) in [6.45, 7) is 4.75. The normalized spacial score (nSPS) is 16.1. The van der Waals surface area contributed by atoms with Crippen LogP contribution in [-0.2, 0) is 5.41 Å². The molecule has 5 aromatic heterocycles. The van der Waals surface area contributed by atoms with Crippen molar-refractivity contribution in [3.05, 3.63) is 361 Å². The fourth-order valence-electron chi connectivity index (χ4n) is 18.4. The molecule has 4 aliphatic rings. The van der Waals surface area contributed by atoms with Crippen LogP contribution in [0.5, 0.6) is 0 Å². The van der Waals surface area contributed by atoms with Gasteiger partial charge in [-0.1, -0.05) is 281 Å². The molecule has 110 heavy (non-hydrogen) atoms. The lowest BCUT2D eigenvalue weighted by atomic mass is 9.82. The van der Waals surface area contributed by atoms with Crippen molar-refractivity contribution < 1.29 is 8.83 Å². The number of anilines is 1. The summed E-state index contributed by atoms with van der Waals surface area (Å²) in [6.07, 6.45) is 8.64. The van der Waals surface area contributed by atoms with E-state index in [1.807, 2.05) is 66.7 Å². The van der Waals surface area contributed by atoms with Crippen LogP contribution in [-0.4, -0.2) is 41.8 Å². The molecule has 0 fully saturated rings. The number of nitrogens with zero attached hydrogens (tertiary/aromatic N) is 7. The molecule has 3 unspecified atom stereocenters. The topological polar surface area (TPSA) is 124 Å². The Labute approximate surface area is 631 Å². The van der Waals surface area contributed by atoms with Gasteiger partial charge in [-0.2, -0.15) is 0 Å². The maximum Gasteiger partial charge on any atom is 0.164 e. The third-order valence-corrected chi connectivity index (χ3v) is 23.3. The lowest BCUT2D eigenvalue weighted by Gasteiger charge is -2.24. The number of hydrogen-bond acceptors (Lipinski definition) is 9. The lowest BCUT2D eigenvalue weighted by molar-refractivity contribution is 0.659. The minimum atomic E-state index is -0.481. The molecule has 0 radical (unpaired) electrons. The van der Waals surface area contributed by atoms with Crippen LogP contribution >= 0.6 is 0 Å². The van der Waals surface area contributed by atoms with E-state index < -0.39 is 6.17 Å². The summed E-state index contributed by atoms with van der Waals surface area (Å²) in [5.41, 5.74) is 26.5. The lowest BCUT2D eigenvalue weighted by Crippen LogP contribution is -2.33. The number of rotatable bonds is 10. The van der Waals surface area contributed by atoms with Crippen LogP contribution in [0.1, 0.15) is 59.3 Å². The Morgan fingerprint density at radius 1 is 0.373 bits per heavy atom. The molecule has 11 heteroatoms. The number of allylic oxidation sites excluding steroid dienone is 2. The molecule has 0 bridgehead atoms. The molecule has 7 heterocycles. The van der Waals surface area contributed by atoms with E-state index in [2.05, 4.69) is 295 Å². The summed E-state index contributed by atoms with van der Waals surface area (Å²) in [7, 11) is 0. The average molecular weight is 1410 g/mol. The molecule has 2 aliphatic heterocycles. The van der Waals surface area contributed by atoms with Crippen molar-refractivity contribution in [3.8, 4) is 78.9 Å². The smallest absolute Gasteiger partial charge is 0.164 e. The Balaban J connectivity index is 0.734. The molecule has 0 amide bonds. The quantitative estimate of drug-likeness (QED) is 0.140. The van der Waals surface area contributed by atoms with Gasteiger partial charge >= 0.3 is 0 Å². The number of benzene rings is 14. The number of aliphatic imine (C=N–C) groups is 2. The van der Waals surface area contributed by atoms with Gasteiger partial charge in [0.15, 0.2) is 34.5 Å². The Hall–Kier alpha value is -14.3. The van der Waals surface area contributed by atoms with Crippen molar-refractivity contribution in [1.29, 1.82) is 0 Å². The van der Waals surface area contributed by atoms with E-state index in [-0.39, 0.29) is 17.4 Å². The van der Waals surface area contributed by atoms with E-state index in [0.29, 0.717) is 23.3 Å².